The molecule has 98 valence electrons. The van der Waals surface area contributed by atoms with Crippen molar-refractivity contribution in [3.05, 3.63) is 34.1 Å². The van der Waals surface area contributed by atoms with E-state index in [0.29, 0.717) is 12.5 Å². The van der Waals surface area contributed by atoms with Gasteiger partial charge in [-0.05, 0) is 42.8 Å². The monoisotopic (exact) mass is 314 g/mol. The summed E-state index contributed by atoms with van der Waals surface area (Å²) in [5, 5.41) is 6.00. The van der Waals surface area contributed by atoms with Gasteiger partial charge < -0.3 is 10.6 Å². The molecule has 1 saturated heterocycles. The van der Waals surface area contributed by atoms with Crippen molar-refractivity contribution in [2.45, 2.75) is 13.5 Å². The van der Waals surface area contributed by atoms with Crippen molar-refractivity contribution in [2.24, 2.45) is 11.8 Å². The third-order valence-electron chi connectivity index (χ3n) is 3.39. The molecule has 1 fully saturated rings. The van der Waals surface area contributed by atoms with Gasteiger partial charge in [0.2, 0.25) is 5.91 Å². The molecule has 0 aromatic heterocycles. The number of rotatable bonds is 4. The number of halogens is 2. The van der Waals surface area contributed by atoms with Crippen LogP contribution in [-0.2, 0) is 11.3 Å². The zero-order valence-electron chi connectivity index (χ0n) is 10.2. The van der Waals surface area contributed by atoms with Crippen molar-refractivity contribution in [1.29, 1.82) is 0 Å². The molecular weight excluding hydrogens is 299 g/mol. The van der Waals surface area contributed by atoms with Gasteiger partial charge in [-0.3, -0.25) is 4.79 Å². The average molecular weight is 315 g/mol. The van der Waals surface area contributed by atoms with Gasteiger partial charge in [-0.2, -0.15) is 0 Å². The second-order valence-electron chi connectivity index (χ2n) is 4.66. The summed E-state index contributed by atoms with van der Waals surface area (Å²) in [5.41, 5.74) is 0.752. The summed E-state index contributed by atoms with van der Waals surface area (Å²) in [4.78, 5) is 11.9. The maximum Gasteiger partial charge on any atom is 0.223 e. The van der Waals surface area contributed by atoms with Crippen LogP contribution in [0.4, 0.5) is 4.39 Å². The molecule has 1 aromatic carbocycles. The van der Waals surface area contributed by atoms with E-state index in [2.05, 4.69) is 26.6 Å². The van der Waals surface area contributed by atoms with Crippen LogP contribution in [0.5, 0.6) is 0 Å². The van der Waals surface area contributed by atoms with E-state index in [4.69, 9.17) is 0 Å². The Hall–Kier alpha value is -0.940. The summed E-state index contributed by atoms with van der Waals surface area (Å²) in [7, 11) is 0. The van der Waals surface area contributed by atoms with Gasteiger partial charge in [0.25, 0.3) is 0 Å². The van der Waals surface area contributed by atoms with Crippen LogP contribution in [0.3, 0.4) is 0 Å². The minimum atomic E-state index is -0.293. The van der Waals surface area contributed by atoms with Crippen LogP contribution in [0.2, 0.25) is 0 Å². The SMILES string of the molecule is CC(C(=O)NCc1cc(F)ccc1Br)C1CNC1. The van der Waals surface area contributed by atoms with Crippen molar-refractivity contribution in [2.75, 3.05) is 13.1 Å². The number of nitrogens with one attached hydrogen (secondary N) is 2. The van der Waals surface area contributed by atoms with Crippen molar-refractivity contribution in [3.63, 3.8) is 0 Å². The van der Waals surface area contributed by atoms with E-state index in [1.165, 1.54) is 12.1 Å². The number of carbonyl (C=O) groups is 1. The average Bonchev–Trinajstić information content (AvgIpc) is 2.27. The van der Waals surface area contributed by atoms with Crippen molar-refractivity contribution >= 4 is 21.8 Å². The molecule has 0 aliphatic carbocycles. The van der Waals surface area contributed by atoms with Crippen LogP contribution in [0.1, 0.15) is 12.5 Å². The molecule has 3 nitrogen and oxygen atoms in total. The lowest BCUT2D eigenvalue weighted by Gasteiger charge is -2.31. The summed E-state index contributed by atoms with van der Waals surface area (Å²) in [6.45, 7) is 4.08. The molecule has 1 atom stereocenters. The van der Waals surface area contributed by atoms with Gasteiger partial charge in [-0.1, -0.05) is 22.9 Å². The summed E-state index contributed by atoms with van der Waals surface area (Å²) in [5.74, 6) is 0.149. The lowest BCUT2D eigenvalue weighted by Crippen LogP contribution is -2.49. The third kappa shape index (κ3) is 3.09. The summed E-state index contributed by atoms with van der Waals surface area (Å²) < 4.78 is 13.9. The van der Waals surface area contributed by atoms with E-state index >= 15 is 0 Å². The number of carbonyl (C=O) groups excluding carboxylic acids is 1. The molecule has 1 amide bonds. The van der Waals surface area contributed by atoms with Gasteiger partial charge in [0, 0.05) is 16.9 Å². The molecule has 0 saturated carbocycles. The van der Waals surface area contributed by atoms with Gasteiger partial charge in [0.1, 0.15) is 5.82 Å². The number of amides is 1. The summed E-state index contributed by atoms with van der Waals surface area (Å²) in [6.07, 6.45) is 0. The molecule has 0 spiro atoms. The quantitative estimate of drug-likeness (QED) is 0.893. The minimum absolute atomic E-state index is 0.00131. The Kier molecular flexibility index (Phi) is 4.35. The number of hydrogen-bond acceptors (Lipinski definition) is 2. The van der Waals surface area contributed by atoms with Gasteiger partial charge in [0.15, 0.2) is 0 Å². The van der Waals surface area contributed by atoms with Gasteiger partial charge in [-0.15, -0.1) is 0 Å². The Morgan fingerprint density at radius 3 is 2.94 bits per heavy atom. The zero-order chi connectivity index (χ0) is 13.1. The first-order chi connectivity index (χ1) is 8.58. The highest BCUT2D eigenvalue weighted by Gasteiger charge is 2.28. The molecule has 1 aliphatic rings. The van der Waals surface area contributed by atoms with Crippen LogP contribution in [-0.4, -0.2) is 19.0 Å². The largest absolute Gasteiger partial charge is 0.352 e. The smallest absolute Gasteiger partial charge is 0.223 e. The van der Waals surface area contributed by atoms with Crippen molar-refractivity contribution in [3.8, 4) is 0 Å². The fourth-order valence-electron chi connectivity index (χ4n) is 1.90. The molecule has 1 heterocycles. The minimum Gasteiger partial charge on any atom is -0.352 e. The van der Waals surface area contributed by atoms with Crippen molar-refractivity contribution in [1.82, 2.24) is 10.6 Å². The maximum atomic E-state index is 13.1. The van der Waals surface area contributed by atoms with E-state index < -0.39 is 0 Å². The fraction of sp³-hybridized carbons (Fsp3) is 0.462. The molecular formula is C13H16BrFN2O. The summed E-state index contributed by atoms with van der Waals surface area (Å²) in [6, 6.07) is 4.47. The Balaban J connectivity index is 1.90. The first-order valence-electron chi connectivity index (χ1n) is 6.00. The highest BCUT2D eigenvalue weighted by molar-refractivity contribution is 9.10. The Labute approximate surface area is 114 Å². The Bertz CT molecular complexity index is 449. The van der Waals surface area contributed by atoms with Crippen LogP contribution in [0.15, 0.2) is 22.7 Å². The highest BCUT2D eigenvalue weighted by Crippen LogP contribution is 2.19. The lowest BCUT2D eigenvalue weighted by molar-refractivity contribution is -0.126. The fourth-order valence-corrected chi connectivity index (χ4v) is 2.29. The second kappa shape index (κ2) is 5.80. The highest BCUT2D eigenvalue weighted by atomic mass is 79.9. The first-order valence-corrected chi connectivity index (χ1v) is 6.79. The molecule has 2 N–H and O–H groups in total. The molecule has 1 unspecified atom stereocenters. The van der Waals surface area contributed by atoms with Crippen LogP contribution in [0, 0.1) is 17.7 Å². The topological polar surface area (TPSA) is 41.1 Å². The van der Waals surface area contributed by atoms with Gasteiger partial charge in [-0.25, -0.2) is 4.39 Å². The standard InChI is InChI=1S/C13H16BrFN2O/c1-8(10-5-16-6-10)13(18)17-7-9-4-11(15)2-3-12(9)14/h2-4,8,10,16H,5-7H2,1H3,(H,17,18). The normalized spacial score (nSPS) is 17.1. The van der Waals surface area contributed by atoms with E-state index in [1.807, 2.05) is 6.92 Å². The summed E-state index contributed by atoms with van der Waals surface area (Å²) >= 11 is 3.34. The molecule has 0 bridgehead atoms. The van der Waals surface area contributed by atoms with E-state index in [-0.39, 0.29) is 17.6 Å². The number of benzene rings is 1. The predicted molar refractivity (Wildman–Crippen MR) is 71.5 cm³/mol. The first kappa shape index (κ1) is 13.5. The molecule has 18 heavy (non-hydrogen) atoms. The molecule has 1 aliphatic heterocycles. The second-order valence-corrected chi connectivity index (χ2v) is 5.51. The zero-order valence-corrected chi connectivity index (χ0v) is 11.8. The van der Waals surface area contributed by atoms with Gasteiger partial charge in [0.05, 0.1) is 0 Å². The molecule has 1 aromatic rings. The van der Waals surface area contributed by atoms with Crippen molar-refractivity contribution < 1.29 is 9.18 Å². The van der Waals surface area contributed by atoms with Crippen LogP contribution < -0.4 is 10.6 Å². The Morgan fingerprint density at radius 1 is 1.61 bits per heavy atom. The van der Waals surface area contributed by atoms with E-state index in [0.717, 1.165) is 23.1 Å². The third-order valence-corrected chi connectivity index (χ3v) is 4.17. The van der Waals surface area contributed by atoms with Crippen LogP contribution >= 0.6 is 15.9 Å². The Morgan fingerprint density at radius 2 is 2.33 bits per heavy atom. The number of hydrogen-bond donors (Lipinski definition) is 2. The van der Waals surface area contributed by atoms with E-state index in [9.17, 15) is 9.18 Å². The van der Waals surface area contributed by atoms with E-state index in [1.54, 1.807) is 6.07 Å². The lowest BCUT2D eigenvalue weighted by atomic mass is 9.88. The maximum absolute atomic E-state index is 13.1. The molecule has 5 heteroatoms. The van der Waals surface area contributed by atoms with Gasteiger partial charge >= 0.3 is 0 Å². The van der Waals surface area contributed by atoms with Crippen LogP contribution in [0.25, 0.3) is 0 Å². The molecule has 0 radical (unpaired) electrons. The molecule has 2 rings (SSSR count). The predicted octanol–water partition coefficient (Wildman–Crippen LogP) is 2.06.